The maximum atomic E-state index is 12.2. The molecule has 0 bridgehead atoms. The molecule has 1 N–H and O–H groups in total. The fourth-order valence-corrected chi connectivity index (χ4v) is 4.43. The molecule has 3 rings (SSSR count). The van der Waals surface area contributed by atoms with E-state index in [0.29, 0.717) is 32.7 Å². The van der Waals surface area contributed by atoms with E-state index in [-0.39, 0.29) is 11.8 Å². The van der Waals surface area contributed by atoms with Gasteiger partial charge in [-0.15, -0.1) is 0 Å². The molecule has 2 aliphatic rings. The Hall–Kier alpha value is -1.44. The van der Waals surface area contributed by atoms with Crippen LogP contribution in [-0.4, -0.2) is 66.7 Å². The van der Waals surface area contributed by atoms with Gasteiger partial charge in [-0.25, -0.2) is 0 Å². The van der Waals surface area contributed by atoms with E-state index >= 15 is 0 Å². The van der Waals surface area contributed by atoms with Gasteiger partial charge >= 0.3 is 5.97 Å². The van der Waals surface area contributed by atoms with E-state index in [1.807, 2.05) is 5.38 Å². The Balaban J connectivity index is 1.67. The summed E-state index contributed by atoms with van der Waals surface area (Å²) in [4.78, 5) is 28.0. The highest BCUT2D eigenvalue weighted by Gasteiger charge is 2.58. The predicted molar refractivity (Wildman–Crippen MR) is 86.2 cm³/mol. The van der Waals surface area contributed by atoms with Gasteiger partial charge in [0.15, 0.2) is 0 Å². The van der Waals surface area contributed by atoms with Gasteiger partial charge in [0.2, 0.25) is 5.91 Å². The molecule has 1 aromatic heterocycles. The van der Waals surface area contributed by atoms with Gasteiger partial charge in [0.05, 0.1) is 13.0 Å². The van der Waals surface area contributed by atoms with E-state index in [0.717, 1.165) is 13.1 Å². The van der Waals surface area contributed by atoms with Crippen molar-refractivity contribution in [3.05, 3.63) is 22.4 Å². The average molecular weight is 338 g/mol. The largest absolute Gasteiger partial charge is 0.481 e. The van der Waals surface area contributed by atoms with Crippen molar-refractivity contribution in [1.29, 1.82) is 0 Å². The topological polar surface area (TPSA) is 70.1 Å². The summed E-state index contributed by atoms with van der Waals surface area (Å²) in [5.41, 5.74) is 0.405. The van der Waals surface area contributed by atoms with E-state index in [1.165, 1.54) is 5.56 Å². The lowest BCUT2D eigenvalue weighted by Crippen LogP contribution is -2.42. The van der Waals surface area contributed by atoms with Crippen molar-refractivity contribution in [2.75, 3.05) is 39.9 Å². The molecule has 126 valence electrons. The van der Waals surface area contributed by atoms with Crippen molar-refractivity contribution in [3.8, 4) is 0 Å². The maximum absolute atomic E-state index is 12.2. The predicted octanol–water partition coefficient (Wildman–Crippen LogP) is 1.13. The van der Waals surface area contributed by atoms with Crippen LogP contribution in [0.1, 0.15) is 12.0 Å². The summed E-state index contributed by atoms with van der Waals surface area (Å²) in [5.74, 6) is -0.784. The Labute approximate surface area is 139 Å². The molecular formula is C16H22N2O4S. The van der Waals surface area contributed by atoms with Crippen LogP contribution in [0.15, 0.2) is 16.8 Å². The smallest absolute Gasteiger partial charge is 0.313 e. The zero-order valence-corrected chi connectivity index (χ0v) is 14.1. The van der Waals surface area contributed by atoms with Crippen molar-refractivity contribution in [3.63, 3.8) is 0 Å². The minimum absolute atomic E-state index is 0.00475. The molecule has 0 spiro atoms. The molecule has 2 fully saturated rings. The van der Waals surface area contributed by atoms with Crippen LogP contribution < -0.4 is 0 Å². The molecule has 2 atom stereocenters. The molecular weight excluding hydrogens is 316 g/mol. The Kier molecular flexibility index (Phi) is 4.70. The van der Waals surface area contributed by atoms with Crippen molar-refractivity contribution in [2.24, 2.45) is 11.3 Å². The van der Waals surface area contributed by atoms with Crippen LogP contribution in [0.25, 0.3) is 0 Å². The number of amides is 1. The molecule has 2 saturated heterocycles. The molecule has 0 aliphatic carbocycles. The number of carbonyl (C=O) groups is 2. The monoisotopic (exact) mass is 338 g/mol. The molecule has 0 unspecified atom stereocenters. The summed E-state index contributed by atoms with van der Waals surface area (Å²) in [6.45, 7) is 3.26. The lowest BCUT2D eigenvalue weighted by Gasteiger charge is -2.25. The number of nitrogens with zero attached hydrogens (tertiary/aromatic N) is 2. The SMILES string of the molecule is COCCC(=O)N1C[C@H]2CN(Cc3ccsc3)C[C@@]2(C(=O)O)C1. The highest BCUT2D eigenvalue weighted by molar-refractivity contribution is 7.07. The molecule has 0 radical (unpaired) electrons. The molecule has 0 aromatic carbocycles. The maximum Gasteiger partial charge on any atom is 0.313 e. The van der Waals surface area contributed by atoms with E-state index in [4.69, 9.17) is 4.74 Å². The van der Waals surface area contributed by atoms with Crippen LogP contribution in [-0.2, 0) is 20.9 Å². The molecule has 6 nitrogen and oxygen atoms in total. The van der Waals surface area contributed by atoms with Gasteiger partial charge in [-0.2, -0.15) is 11.3 Å². The molecule has 1 amide bonds. The lowest BCUT2D eigenvalue weighted by molar-refractivity contribution is -0.149. The Morgan fingerprint density at radius 3 is 2.87 bits per heavy atom. The number of carbonyl (C=O) groups excluding carboxylic acids is 1. The van der Waals surface area contributed by atoms with Crippen molar-refractivity contribution in [1.82, 2.24) is 9.80 Å². The fraction of sp³-hybridized carbons (Fsp3) is 0.625. The third kappa shape index (κ3) is 3.13. The number of carboxylic acids is 1. The van der Waals surface area contributed by atoms with Crippen LogP contribution >= 0.6 is 11.3 Å². The minimum Gasteiger partial charge on any atom is -0.481 e. The summed E-state index contributed by atoms with van der Waals surface area (Å²) in [7, 11) is 1.56. The number of likely N-dealkylation sites (tertiary alicyclic amines) is 2. The Morgan fingerprint density at radius 2 is 2.26 bits per heavy atom. The van der Waals surface area contributed by atoms with Gasteiger partial charge in [0.25, 0.3) is 0 Å². The van der Waals surface area contributed by atoms with Crippen LogP contribution in [0.2, 0.25) is 0 Å². The number of rotatable bonds is 6. The van der Waals surface area contributed by atoms with Gasteiger partial charge in [-0.05, 0) is 22.4 Å². The average Bonchev–Trinajstić information content (AvgIpc) is 3.19. The summed E-state index contributed by atoms with van der Waals surface area (Å²) in [5, 5.41) is 13.9. The Bertz CT molecular complexity index is 577. The summed E-state index contributed by atoms with van der Waals surface area (Å²) < 4.78 is 4.94. The first-order valence-corrected chi connectivity index (χ1v) is 8.73. The second kappa shape index (κ2) is 6.59. The fourth-order valence-electron chi connectivity index (χ4n) is 3.77. The quantitative estimate of drug-likeness (QED) is 0.842. The van der Waals surface area contributed by atoms with Crippen LogP contribution in [0, 0.1) is 11.3 Å². The van der Waals surface area contributed by atoms with E-state index in [2.05, 4.69) is 16.3 Å². The Morgan fingerprint density at radius 1 is 1.43 bits per heavy atom. The summed E-state index contributed by atoms with van der Waals surface area (Å²) >= 11 is 1.65. The molecule has 7 heteroatoms. The highest BCUT2D eigenvalue weighted by Crippen LogP contribution is 2.43. The standard InChI is InChI=1S/C16H22N2O4S/c1-22-4-2-14(19)18-8-13-7-17(6-12-3-5-23-9-12)10-16(13,11-18)15(20)21/h3,5,9,13H,2,4,6-8,10-11H2,1H3,(H,20,21)/t13-,16-/m1/s1. The normalized spacial score (nSPS) is 27.3. The van der Waals surface area contributed by atoms with Gasteiger partial charge < -0.3 is 14.7 Å². The third-order valence-electron chi connectivity index (χ3n) is 4.96. The third-order valence-corrected chi connectivity index (χ3v) is 5.70. The molecule has 3 heterocycles. The number of ether oxygens (including phenoxy) is 1. The van der Waals surface area contributed by atoms with Crippen molar-refractivity contribution < 1.29 is 19.4 Å². The second-order valence-corrected chi connectivity index (χ2v) is 7.26. The molecule has 0 saturated carbocycles. The van der Waals surface area contributed by atoms with Crippen LogP contribution in [0.5, 0.6) is 0 Å². The number of thiophene rings is 1. The van der Waals surface area contributed by atoms with Crippen LogP contribution in [0.4, 0.5) is 0 Å². The minimum atomic E-state index is -0.821. The van der Waals surface area contributed by atoms with Gasteiger partial charge in [0, 0.05) is 45.8 Å². The van der Waals surface area contributed by atoms with Crippen molar-refractivity contribution >= 4 is 23.2 Å². The summed E-state index contributed by atoms with van der Waals surface area (Å²) in [6.07, 6.45) is 0.317. The first-order valence-electron chi connectivity index (χ1n) is 7.78. The van der Waals surface area contributed by atoms with Gasteiger partial charge in [0.1, 0.15) is 5.41 Å². The van der Waals surface area contributed by atoms with E-state index in [9.17, 15) is 14.7 Å². The zero-order valence-electron chi connectivity index (χ0n) is 13.2. The second-order valence-electron chi connectivity index (χ2n) is 6.48. The van der Waals surface area contributed by atoms with Gasteiger partial charge in [-0.1, -0.05) is 0 Å². The van der Waals surface area contributed by atoms with Crippen molar-refractivity contribution in [2.45, 2.75) is 13.0 Å². The number of fused-ring (bicyclic) bond motifs is 1. The number of carboxylic acid groups (broad SMARTS) is 1. The number of hydrogen-bond donors (Lipinski definition) is 1. The lowest BCUT2D eigenvalue weighted by atomic mass is 9.81. The summed E-state index contributed by atoms with van der Waals surface area (Å²) in [6, 6.07) is 2.08. The molecule has 1 aromatic rings. The molecule has 23 heavy (non-hydrogen) atoms. The molecule has 2 aliphatic heterocycles. The first-order chi connectivity index (χ1) is 11.0. The highest BCUT2D eigenvalue weighted by atomic mass is 32.1. The van der Waals surface area contributed by atoms with Gasteiger partial charge in [-0.3, -0.25) is 14.5 Å². The van der Waals surface area contributed by atoms with E-state index < -0.39 is 11.4 Å². The zero-order chi connectivity index (χ0) is 16.4. The number of hydrogen-bond acceptors (Lipinski definition) is 5. The first kappa shape index (κ1) is 16.4. The van der Waals surface area contributed by atoms with E-state index in [1.54, 1.807) is 23.3 Å². The number of aliphatic carboxylic acids is 1. The van der Waals surface area contributed by atoms with Crippen LogP contribution in [0.3, 0.4) is 0 Å². The number of methoxy groups -OCH3 is 1.